The number of piperidine rings is 1. The first kappa shape index (κ1) is 20.6. The van der Waals surface area contributed by atoms with Gasteiger partial charge in [0.25, 0.3) is 11.8 Å². The number of hydrogen-bond donors (Lipinski definition) is 1. The van der Waals surface area contributed by atoms with Gasteiger partial charge in [0.2, 0.25) is 5.43 Å². The fraction of sp³-hybridized carbons (Fsp3) is 0.682. The monoisotopic (exact) mass is 387 g/mol. The fourth-order valence-corrected chi connectivity index (χ4v) is 4.19. The van der Waals surface area contributed by atoms with Gasteiger partial charge in [0.15, 0.2) is 0 Å². The highest BCUT2D eigenvalue weighted by atomic mass is 16.2. The predicted molar refractivity (Wildman–Crippen MR) is 110 cm³/mol. The van der Waals surface area contributed by atoms with E-state index < -0.39 is 5.43 Å². The van der Waals surface area contributed by atoms with Crippen LogP contribution in [-0.2, 0) is 6.54 Å². The minimum absolute atomic E-state index is 0.0868. The molecule has 2 fully saturated rings. The Labute approximate surface area is 167 Å². The second-order valence-corrected chi connectivity index (χ2v) is 8.93. The molecule has 0 unspecified atom stereocenters. The Bertz CT molecular complexity index is 770. The number of carbonyl (C=O) groups excluding carboxylic acids is 2. The average Bonchev–Trinajstić information content (AvgIpc) is 3.15. The summed E-state index contributed by atoms with van der Waals surface area (Å²) < 4.78 is 1.83. The quantitative estimate of drug-likeness (QED) is 0.844. The maximum Gasteiger partial charge on any atom is 0.259 e. The molecular formula is C22H33N3O3. The van der Waals surface area contributed by atoms with E-state index in [0.717, 1.165) is 38.5 Å². The summed E-state index contributed by atoms with van der Waals surface area (Å²) in [5.74, 6) is 0.346. The summed E-state index contributed by atoms with van der Waals surface area (Å²) >= 11 is 0. The maximum absolute atomic E-state index is 13.1. The van der Waals surface area contributed by atoms with Crippen LogP contribution in [0.1, 0.15) is 80.0 Å². The molecule has 6 nitrogen and oxygen atoms in total. The van der Waals surface area contributed by atoms with E-state index >= 15 is 0 Å². The lowest BCUT2D eigenvalue weighted by Gasteiger charge is -2.30. The summed E-state index contributed by atoms with van der Waals surface area (Å²) in [5.41, 5.74) is -0.239. The van der Waals surface area contributed by atoms with E-state index in [1.807, 2.05) is 4.57 Å². The topological polar surface area (TPSA) is 71.4 Å². The van der Waals surface area contributed by atoms with Crippen LogP contribution in [0.5, 0.6) is 0 Å². The van der Waals surface area contributed by atoms with Gasteiger partial charge in [0.05, 0.1) is 0 Å². The molecule has 154 valence electrons. The molecule has 0 bridgehead atoms. The predicted octanol–water partition coefficient (Wildman–Crippen LogP) is 3.05. The molecule has 3 rings (SSSR count). The van der Waals surface area contributed by atoms with Crippen molar-refractivity contribution in [2.24, 2.45) is 11.8 Å². The number of likely N-dealkylation sites (tertiary alicyclic amines) is 1. The highest BCUT2D eigenvalue weighted by Gasteiger charge is 2.27. The Kier molecular flexibility index (Phi) is 6.57. The van der Waals surface area contributed by atoms with E-state index in [2.05, 4.69) is 26.1 Å². The van der Waals surface area contributed by atoms with Crippen LogP contribution in [-0.4, -0.2) is 40.4 Å². The van der Waals surface area contributed by atoms with E-state index in [1.165, 1.54) is 0 Å². The molecule has 0 radical (unpaired) electrons. The van der Waals surface area contributed by atoms with E-state index in [4.69, 9.17) is 0 Å². The second-order valence-electron chi connectivity index (χ2n) is 8.93. The first-order valence-corrected chi connectivity index (χ1v) is 10.7. The SMILES string of the molecule is CC(C)Cn1cc(C(=O)NC2CCCC2)c(=O)c(C(=O)N2CCC(C)CC2)c1. The number of hydrogen-bond acceptors (Lipinski definition) is 3. The Hall–Kier alpha value is -2.11. The Balaban J connectivity index is 1.90. The third kappa shape index (κ3) is 4.83. The van der Waals surface area contributed by atoms with Crippen LogP contribution in [0.15, 0.2) is 17.2 Å². The zero-order chi connectivity index (χ0) is 20.3. The van der Waals surface area contributed by atoms with Crippen molar-refractivity contribution in [3.05, 3.63) is 33.7 Å². The highest BCUT2D eigenvalue weighted by Crippen LogP contribution is 2.19. The number of nitrogens with zero attached hydrogens (tertiary/aromatic N) is 2. The van der Waals surface area contributed by atoms with E-state index in [-0.39, 0.29) is 29.0 Å². The number of pyridine rings is 1. The summed E-state index contributed by atoms with van der Waals surface area (Å²) in [7, 11) is 0. The zero-order valence-corrected chi connectivity index (χ0v) is 17.4. The first-order chi connectivity index (χ1) is 13.3. The van der Waals surface area contributed by atoms with E-state index in [0.29, 0.717) is 31.5 Å². The highest BCUT2D eigenvalue weighted by molar-refractivity contribution is 5.99. The lowest BCUT2D eigenvalue weighted by Crippen LogP contribution is -2.42. The molecule has 1 aromatic rings. The molecule has 2 heterocycles. The second kappa shape index (κ2) is 8.93. The van der Waals surface area contributed by atoms with Crippen molar-refractivity contribution >= 4 is 11.8 Å². The molecule has 1 N–H and O–H groups in total. The minimum Gasteiger partial charge on any atom is -0.352 e. The molecule has 0 spiro atoms. The largest absolute Gasteiger partial charge is 0.352 e. The van der Waals surface area contributed by atoms with Crippen LogP contribution < -0.4 is 10.7 Å². The third-order valence-electron chi connectivity index (χ3n) is 5.89. The van der Waals surface area contributed by atoms with Crippen LogP contribution in [0.2, 0.25) is 0 Å². The summed E-state index contributed by atoms with van der Waals surface area (Å²) in [5, 5.41) is 2.99. The van der Waals surface area contributed by atoms with Gasteiger partial charge in [-0.2, -0.15) is 0 Å². The molecule has 1 aromatic heterocycles. The van der Waals surface area contributed by atoms with Gasteiger partial charge in [-0.05, 0) is 37.5 Å². The number of rotatable bonds is 5. The number of carbonyl (C=O) groups is 2. The van der Waals surface area contributed by atoms with Crippen LogP contribution in [0.4, 0.5) is 0 Å². The van der Waals surface area contributed by atoms with Gasteiger partial charge in [-0.15, -0.1) is 0 Å². The summed E-state index contributed by atoms with van der Waals surface area (Å²) in [6.07, 6.45) is 9.27. The third-order valence-corrected chi connectivity index (χ3v) is 5.89. The summed E-state index contributed by atoms with van der Waals surface area (Å²) in [4.78, 5) is 40.7. The van der Waals surface area contributed by atoms with Crippen molar-refractivity contribution in [2.75, 3.05) is 13.1 Å². The molecule has 0 aromatic carbocycles. The van der Waals surface area contributed by atoms with Crippen molar-refractivity contribution in [1.82, 2.24) is 14.8 Å². The zero-order valence-electron chi connectivity index (χ0n) is 17.4. The first-order valence-electron chi connectivity index (χ1n) is 10.7. The van der Waals surface area contributed by atoms with Crippen molar-refractivity contribution in [3.63, 3.8) is 0 Å². The Morgan fingerprint density at radius 1 is 1.07 bits per heavy atom. The van der Waals surface area contributed by atoms with Crippen molar-refractivity contribution in [2.45, 2.75) is 71.9 Å². The van der Waals surface area contributed by atoms with E-state index in [1.54, 1.807) is 17.3 Å². The van der Waals surface area contributed by atoms with Gasteiger partial charge < -0.3 is 14.8 Å². The molecule has 2 amide bonds. The van der Waals surface area contributed by atoms with E-state index in [9.17, 15) is 14.4 Å². The van der Waals surface area contributed by atoms with Gasteiger partial charge in [-0.3, -0.25) is 14.4 Å². The maximum atomic E-state index is 13.1. The molecule has 0 atom stereocenters. The van der Waals surface area contributed by atoms with Gasteiger partial charge in [-0.1, -0.05) is 33.6 Å². The standard InChI is InChI=1S/C22H33N3O3/c1-15(2)12-24-13-18(21(27)23-17-6-4-5-7-17)20(26)19(14-24)22(28)25-10-8-16(3)9-11-25/h13-17H,4-12H2,1-3H3,(H,23,27). The summed E-state index contributed by atoms with van der Waals surface area (Å²) in [6, 6.07) is 0.133. The molecule has 28 heavy (non-hydrogen) atoms. The van der Waals surface area contributed by atoms with Crippen molar-refractivity contribution in [3.8, 4) is 0 Å². The lowest BCUT2D eigenvalue weighted by molar-refractivity contribution is 0.0695. The fourth-order valence-electron chi connectivity index (χ4n) is 4.19. The average molecular weight is 388 g/mol. The van der Waals surface area contributed by atoms with Crippen LogP contribution in [0, 0.1) is 11.8 Å². The number of aromatic nitrogens is 1. The molecule has 6 heteroatoms. The smallest absolute Gasteiger partial charge is 0.259 e. The van der Waals surface area contributed by atoms with Gasteiger partial charge in [-0.25, -0.2) is 0 Å². The molecular weight excluding hydrogens is 354 g/mol. The molecule has 1 aliphatic carbocycles. The normalized spacial score (nSPS) is 18.6. The molecule has 1 saturated heterocycles. The van der Waals surface area contributed by atoms with Crippen LogP contribution in [0.25, 0.3) is 0 Å². The molecule has 2 aliphatic rings. The Morgan fingerprint density at radius 3 is 2.29 bits per heavy atom. The van der Waals surface area contributed by atoms with Gasteiger partial charge in [0.1, 0.15) is 11.1 Å². The number of nitrogens with one attached hydrogen (secondary N) is 1. The molecule has 1 saturated carbocycles. The van der Waals surface area contributed by atoms with Gasteiger partial charge >= 0.3 is 0 Å². The number of amides is 2. The van der Waals surface area contributed by atoms with Crippen molar-refractivity contribution < 1.29 is 9.59 Å². The Morgan fingerprint density at radius 2 is 1.68 bits per heavy atom. The van der Waals surface area contributed by atoms with Crippen LogP contribution in [0.3, 0.4) is 0 Å². The lowest BCUT2D eigenvalue weighted by atomic mass is 9.98. The summed E-state index contributed by atoms with van der Waals surface area (Å²) in [6.45, 7) is 8.32. The van der Waals surface area contributed by atoms with Crippen molar-refractivity contribution in [1.29, 1.82) is 0 Å². The van der Waals surface area contributed by atoms with Gasteiger partial charge in [0, 0.05) is 38.1 Å². The van der Waals surface area contributed by atoms with Crippen LogP contribution >= 0.6 is 0 Å². The molecule has 1 aliphatic heterocycles. The minimum atomic E-state index is -0.445.